The maximum absolute atomic E-state index is 13.2. The van der Waals surface area contributed by atoms with Crippen molar-refractivity contribution in [1.29, 1.82) is 0 Å². The number of amides is 2. The molecule has 0 aliphatic carbocycles. The zero-order valence-electron chi connectivity index (χ0n) is 17.9. The highest BCUT2D eigenvalue weighted by Gasteiger charge is 2.33. The summed E-state index contributed by atoms with van der Waals surface area (Å²) in [5.41, 5.74) is 1.22. The summed E-state index contributed by atoms with van der Waals surface area (Å²) >= 11 is 0. The van der Waals surface area contributed by atoms with Crippen molar-refractivity contribution in [3.05, 3.63) is 35.4 Å². The van der Waals surface area contributed by atoms with Crippen LogP contribution in [-0.2, 0) is 4.79 Å². The molecule has 1 saturated heterocycles. The molecule has 1 fully saturated rings. The van der Waals surface area contributed by atoms with Crippen LogP contribution in [0, 0.1) is 12.8 Å². The Hall–Kier alpha value is -1.92. The number of nitrogens with one attached hydrogen (secondary N) is 1. The summed E-state index contributed by atoms with van der Waals surface area (Å²) in [5, 5.41) is 12.5. The Kier molecular flexibility index (Phi) is 7.61. The molecular formula is C22H35N3O3. The van der Waals surface area contributed by atoms with Crippen LogP contribution >= 0.6 is 0 Å². The molecule has 28 heavy (non-hydrogen) atoms. The molecule has 1 aromatic rings. The van der Waals surface area contributed by atoms with E-state index in [1.165, 1.54) is 0 Å². The van der Waals surface area contributed by atoms with Crippen LogP contribution in [-0.4, -0.2) is 71.1 Å². The van der Waals surface area contributed by atoms with Gasteiger partial charge in [0.1, 0.15) is 6.04 Å². The quantitative estimate of drug-likeness (QED) is 0.749. The summed E-state index contributed by atoms with van der Waals surface area (Å²) in [6, 6.07) is 6.90. The highest BCUT2D eigenvalue weighted by molar-refractivity contribution is 5.98. The topological polar surface area (TPSA) is 72.9 Å². The monoisotopic (exact) mass is 389 g/mol. The first kappa shape index (κ1) is 22.4. The number of piperazine rings is 1. The highest BCUT2D eigenvalue weighted by Crippen LogP contribution is 2.18. The van der Waals surface area contributed by atoms with Gasteiger partial charge in [0.05, 0.1) is 6.61 Å². The predicted molar refractivity (Wildman–Crippen MR) is 111 cm³/mol. The van der Waals surface area contributed by atoms with Gasteiger partial charge in [-0.15, -0.1) is 0 Å². The fourth-order valence-corrected chi connectivity index (χ4v) is 3.61. The molecule has 1 atom stereocenters. The normalized spacial score (nSPS) is 16.9. The summed E-state index contributed by atoms with van der Waals surface area (Å²) < 4.78 is 0. The predicted octanol–water partition coefficient (Wildman–Crippen LogP) is 2.05. The average Bonchev–Trinajstić information content (AvgIpc) is 2.67. The van der Waals surface area contributed by atoms with Gasteiger partial charge in [-0.25, -0.2) is 0 Å². The molecular weight excluding hydrogens is 354 g/mol. The van der Waals surface area contributed by atoms with E-state index in [4.69, 9.17) is 0 Å². The smallest absolute Gasteiger partial charge is 0.252 e. The largest absolute Gasteiger partial charge is 0.394 e. The number of rotatable bonds is 7. The first-order valence-corrected chi connectivity index (χ1v) is 10.2. The lowest BCUT2D eigenvalue weighted by atomic mass is 10.00. The Bertz CT molecular complexity index is 679. The van der Waals surface area contributed by atoms with Crippen molar-refractivity contribution >= 4 is 11.8 Å². The fraction of sp³-hybridized carbons (Fsp3) is 0.636. The van der Waals surface area contributed by atoms with Gasteiger partial charge in [0, 0.05) is 37.3 Å². The third-order valence-electron chi connectivity index (χ3n) is 5.53. The van der Waals surface area contributed by atoms with Crippen LogP contribution in [0.5, 0.6) is 0 Å². The Balaban J connectivity index is 2.06. The van der Waals surface area contributed by atoms with Gasteiger partial charge in [0.15, 0.2) is 0 Å². The number of aliphatic hydroxyl groups excluding tert-OH is 1. The molecule has 6 heteroatoms. The third kappa shape index (κ3) is 5.55. The second-order valence-electron chi connectivity index (χ2n) is 8.75. The minimum Gasteiger partial charge on any atom is -0.394 e. The van der Waals surface area contributed by atoms with Gasteiger partial charge in [0.25, 0.3) is 5.91 Å². The van der Waals surface area contributed by atoms with Gasteiger partial charge < -0.3 is 15.3 Å². The Morgan fingerprint density at radius 3 is 2.29 bits per heavy atom. The molecule has 0 aromatic heterocycles. The molecule has 6 nitrogen and oxygen atoms in total. The van der Waals surface area contributed by atoms with E-state index in [-0.39, 0.29) is 24.0 Å². The summed E-state index contributed by atoms with van der Waals surface area (Å²) in [6.45, 7) is 12.8. The average molecular weight is 390 g/mol. The van der Waals surface area contributed by atoms with Crippen LogP contribution in [0.2, 0.25) is 0 Å². The van der Waals surface area contributed by atoms with Gasteiger partial charge in [0.2, 0.25) is 5.91 Å². The van der Waals surface area contributed by atoms with Crippen molar-refractivity contribution < 1.29 is 14.7 Å². The fourth-order valence-electron chi connectivity index (χ4n) is 3.61. The number of benzene rings is 1. The van der Waals surface area contributed by atoms with Gasteiger partial charge >= 0.3 is 0 Å². The third-order valence-corrected chi connectivity index (χ3v) is 5.53. The van der Waals surface area contributed by atoms with Crippen molar-refractivity contribution in [3.63, 3.8) is 0 Å². The molecule has 2 amide bonds. The molecule has 0 saturated carbocycles. The van der Waals surface area contributed by atoms with Crippen LogP contribution in [0.1, 0.15) is 50.0 Å². The van der Waals surface area contributed by atoms with Gasteiger partial charge in [-0.3, -0.25) is 14.5 Å². The standard InChI is InChI=1S/C22H35N3O3/c1-16(2)14-19(23-20(27)18-9-7-6-8-17(18)3)21(28)24-10-12-25(13-11-24)22(4,5)15-26/h6-9,16,19,26H,10-15H2,1-5H3,(H,23,27)/t19-/m0/s1. The molecule has 1 aliphatic heterocycles. The van der Waals surface area contributed by atoms with E-state index in [1.807, 2.05) is 43.9 Å². The van der Waals surface area contributed by atoms with Crippen molar-refractivity contribution in [2.75, 3.05) is 32.8 Å². The summed E-state index contributed by atoms with van der Waals surface area (Å²) in [4.78, 5) is 30.0. The number of nitrogens with zero attached hydrogens (tertiary/aromatic N) is 2. The zero-order chi connectivity index (χ0) is 20.9. The Labute approximate surface area is 168 Å². The lowest BCUT2D eigenvalue weighted by molar-refractivity contribution is -0.136. The Morgan fingerprint density at radius 2 is 1.75 bits per heavy atom. The van der Waals surface area contributed by atoms with Crippen molar-refractivity contribution in [2.45, 2.75) is 52.6 Å². The molecule has 0 spiro atoms. The molecule has 1 aliphatic rings. The number of carbonyl (C=O) groups is 2. The maximum Gasteiger partial charge on any atom is 0.252 e. The molecule has 2 rings (SSSR count). The summed E-state index contributed by atoms with van der Waals surface area (Å²) in [6.07, 6.45) is 0.610. The van der Waals surface area contributed by atoms with Crippen LogP contribution in [0.3, 0.4) is 0 Å². The molecule has 0 unspecified atom stereocenters. The zero-order valence-corrected chi connectivity index (χ0v) is 17.9. The first-order chi connectivity index (χ1) is 13.2. The molecule has 1 heterocycles. The van der Waals surface area contributed by atoms with Crippen molar-refractivity contribution in [2.24, 2.45) is 5.92 Å². The van der Waals surface area contributed by atoms with E-state index in [0.717, 1.165) is 18.7 Å². The van der Waals surface area contributed by atoms with E-state index < -0.39 is 6.04 Å². The molecule has 156 valence electrons. The number of aryl methyl sites for hydroxylation is 1. The number of hydrogen-bond donors (Lipinski definition) is 2. The van der Waals surface area contributed by atoms with Crippen LogP contribution < -0.4 is 5.32 Å². The van der Waals surface area contributed by atoms with E-state index >= 15 is 0 Å². The molecule has 2 N–H and O–H groups in total. The summed E-state index contributed by atoms with van der Waals surface area (Å²) in [7, 11) is 0. The van der Waals surface area contributed by atoms with Gasteiger partial charge in [-0.05, 0) is 44.7 Å². The van der Waals surface area contributed by atoms with E-state index in [0.29, 0.717) is 31.0 Å². The van der Waals surface area contributed by atoms with Crippen LogP contribution in [0.15, 0.2) is 24.3 Å². The SMILES string of the molecule is Cc1ccccc1C(=O)N[C@@H](CC(C)C)C(=O)N1CCN(C(C)(C)CO)CC1. The lowest BCUT2D eigenvalue weighted by Crippen LogP contribution is -2.59. The second-order valence-corrected chi connectivity index (χ2v) is 8.75. The first-order valence-electron chi connectivity index (χ1n) is 10.2. The van der Waals surface area contributed by atoms with E-state index in [2.05, 4.69) is 24.1 Å². The van der Waals surface area contributed by atoms with Crippen LogP contribution in [0.25, 0.3) is 0 Å². The summed E-state index contributed by atoms with van der Waals surface area (Å²) in [5.74, 6) is 0.0787. The van der Waals surface area contributed by atoms with Crippen LogP contribution in [0.4, 0.5) is 0 Å². The number of hydrogen-bond acceptors (Lipinski definition) is 4. The number of aliphatic hydroxyl groups is 1. The van der Waals surface area contributed by atoms with Gasteiger partial charge in [-0.2, -0.15) is 0 Å². The molecule has 0 bridgehead atoms. The lowest BCUT2D eigenvalue weighted by Gasteiger charge is -2.43. The van der Waals surface area contributed by atoms with E-state index in [1.54, 1.807) is 6.07 Å². The Morgan fingerprint density at radius 1 is 1.14 bits per heavy atom. The van der Waals surface area contributed by atoms with Crippen molar-refractivity contribution in [1.82, 2.24) is 15.1 Å². The minimum atomic E-state index is -0.524. The number of carbonyl (C=O) groups excluding carboxylic acids is 2. The second kappa shape index (κ2) is 9.52. The van der Waals surface area contributed by atoms with E-state index in [9.17, 15) is 14.7 Å². The molecule has 0 radical (unpaired) electrons. The highest BCUT2D eigenvalue weighted by atomic mass is 16.3. The van der Waals surface area contributed by atoms with Gasteiger partial charge in [-0.1, -0.05) is 32.0 Å². The molecule has 1 aromatic carbocycles. The maximum atomic E-state index is 13.2. The minimum absolute atomic E-state index is 0.0166. The van der Waals surface area contributed by atoms with Crippen molar-refractivity contribution in [3.8, 4) is 0 Å².